The van der Waals surface area contributed by atoms with Crippen LogP contribution in [-0.4, -0.2) is 34.8 Å². The average molecular weight is 270 g/mol. The number of likely N-dealkylation sites (tertiary alicyclic amines) is 1. The predicted molar refractivity (Wildman–Crippen MR) is 69.7 cm³/mol. The maximum absolute atomic E-state index is 11.6. The van der Waals surface area contributed by atoms with Crippen molar-refractivity contribution in [2.45, 2.75) is 13.0 Å². The number of carbonyl (C=O) groups excluding carboxylic acids is 1. The quantitative estimate of drug-likeness (QED) is 0.847. The van der Waals surface area contributed by atoms with Gasteiger partial charge in [-0.15, -0.1) is 12.4 Å². The second-order valence-electron chi connectivity index (χ2n) is 4.34. The number of carboxylic acid groups (broad SMARTS) is 1. The third-order valence-electron chi connectivity index (χ3n) is 3.05. The van der Waals surface area contributed by atoms with Crippen molar-refractivity contribution >= 4 is 24.2 Å². The molecule has 0 radical (unpaired) electrons. The molecule has 0 aromatic heterocycles. The summed E-state index contributed by atoms with van der Waals surface area (Å²) in [4.78, 5) is 24.4. The van der Waals surface area contributed by atoms with Gasteiger partial charge in [-0.25, -0.2) is 0 Å². The zero-order chi connectivity index (χ0) is 12.3. The molecule has 1 aromatic rings. The van der Waals surface area contributed by atoms with E-state index in [9.17, 15) is 9.59 Å². The van der Waals surface area contributed by atoms with Gasteiger partial charge >= 0.3 is 5.97 Å². The molecule has 1 aromatic carbocycles. The Morgan fingerprint density at radius 2 is 2.00 bits per heavy atom. The van der Waals surface area contributed by atoms with Crippen LogP contribution in [0.25, 0.3) is 0 Å². The lowest BCUT2D eigenvalue weighted by Crippen LogP contribution is -2.43. The van der Waals surface area contributed by atoms with E-state index in [1.807, 2.05) is 35.2 Å². The van der Waals surface area contributed by atoms with Crippen molar-refractivity contribution in [1.29, 1.82) is 0 Å². The molecule has 1 aliphatic heterocycles. The van der Waals surface area contributed by atoms with Crippen molar-refractivity contribution in [3.63, 3.8) is 0 Å². The first-order chi connectivity index (χ1) is 8.16. The smallest absolute Gasteiger partial charge is 0.314 e. The van der Waals surface area contributed by atoms with E-state index in [1.165, 1.54) is 0 Å². The maximum atomic E-state index is 11.6. The first-order valence-corrected chi connectivity index (χ1v) is 5.68. The first-order valence-electron chi connectivity index (χ1n) is 5.68. The molecule has 98 valence electrons. The molecule has 1 heterocycles. The van der Waals surface area contributed by atoms with Crippen LogP contribution in [0.5, 0.6) is 0 Å². The van der Waals surface area contributed by atoms with Crippen LogP contribution in [0.1, 0.15) is 12.0 Å². The third kappa shape index (κ3) is 3.55. The van der Waals surface area contributed by atoms with Crippen LogP contribution in [0, 0.1) is 5.92 Å². The summed E-state index contributed by atoms with van der Waals surface area (Å²) < 4.78 is 0. The number of carboxylic acids is 1. The number of ketones is 1. The van der Waals surface area contributed by atoms with Crippen molar-refractivity contribution in [1.82, 2.24) is 4.90 Å². The number of hydrogen-bond donors (Lipinski definition) is 1. The van der Waals surface area contributed by atoms with E-state index in [0.717, 1.165) is 5.56 Å². The normalized spacial score (nSPS) is 20.2. The van der Waals surface area contributed by atoms with Crippen molar-refractivity contribution in [2.75, 3.05) is 13.1 Å². The fourth-order valence-electron chi connectivity index (χ4n) is 2.12. The predicted octanol–water partition coefficient (Wildman–Crippen LogP) is 1.58. The van der Waals surface area contributed by atoms with Crippen molar-refractivity contribution < 1.29 is 14.7 Å². The topological polar surface area (TPSA) is 57.6 Å². The van der Waals surface area contributed by atoms with E-state index in [4.69, 9.17) is 5.11 Å². The van der Waals surface area contributed by atoms with Gasteiger partial charge in [-0.1, -0.05) is 30.3 Å². The summed E-state index contributed by atoms with van der Waals surface area (Å²) in [5.74, 6) is -1.98. The molecule has 1 fully saturated rings. The number of benzene rings is 1. The summed E-state index contributed by atoms with van der Waals surface area (Å²) in [6.45, 7) is 1.61. The number of rotatable bonds is 3. The number of piperidine rings is 1. The SMILES string of the molecule is Cl.O=C(O)[C@@H]1CCN(Cc2ccccc2)CC1=O. The number of aliphatic carboxylic acids is 1. The molecule has 1 N–H and O–H groups in total. The van der Waals surface area contributed by atoms with Gasteiger partial charge in [-0.05, 0) is 12.0 Å². The Labute approximate surface area is 112 Å². The Kier molecular flexibility index (Phi) is 5.31. The van der Waals surface area contributed by atoms with Crippen LogP contribution in [0.2, 0.25) is 0 Å². The molecule has 0 unspecified atom stereocenters. The first kappa shape index (κ1) is 14.7. The summed E-state index contributed by atoms with van der Waals surface area (Å²) in [6, 6.07) is 9.88. The Balaban J connectivity index is 0.00000162. The van der Waals surface area contributed by atoms with E-state index in [2.05, 4.69) is 0 Å². The fourth-order valence-corrected chi connectivity index (χ4v) is 2.12. The fraction of sp³-hybridized carbons (Fsp3) is 0.385. The Morgan fingerprint density at radius 1 is 1.33 bits per heavy atom. The van der Waals surface area contributed by atoms with Crippen molar-refractivity contribution in [3.8, 4) is 0 Å². The molecular weight excluding hydrogens is 254 g/mol. The third-order valence-corrected chi connectivity index (χ3v) is 3.05. The maximum Gasteiger partial charge on any atom is 0.314 e. The largest absolute Gasteiger partial charge is 0.481 e. The summed E-state index contributed by atoms with van der Waals surface area (Å²) in [5.41, 5.74) is 1.15. The zero-order valence-corrected chi connectivity index (χ0v) is 10.7. The Bertz CT molecular complexity index is 422. The van der Waals surface area contributed by atoms with Crippen LogP contribution < -0.4 is 0 Å². The van der Waals surface area contributed by atoms with Gasteiger partial charge in [-0.2, -0.15) is 0 Å². The van der Waals surface area contributed by atoms with Crippen molar-refractivity contribution in [3.05, 3.63) is 35.9 Å². The van der Waals surface area contributed by atoms with Crippen LogP contribution in [0.15, 0.2) is 30.3 Å². The lowest BCUT2D eigenvalue weighted by atomic mass is 9.95. The van der Waals surface area contributed by atoms with Crippen molar-refractivity contribution in [2.24, 2.45) is 5.92 Å². The van der Waals surface area contributed by atoms with Gasteiger partial charge in [0.25, 0.3) is 0 Å². The number of halogens is 1. The molecular formula is C13H16ClNO3. The molecule has 4 nitrogen and oxygen atoms in total. The minimum absolute atomic E-state index is 0. The lowest BCUT2D eigenvalue weighted by Gasteiger charge is -2.28. The van der Waals surface area contributed by atoms with Crippen LogP contribution in [-0.2, 0) is 16.1 Å². The van der Waals surface area contributed by atoms with Crippen LogP contribution in [0.4, 0.5) is 0 Å². The minimum Gasteiger partial charge on any atom is -0.481 e. The molecule has 0 aliphatic carbocycles. The number of carbonyl (C=O) groups is 2. The highest BCUT2D eigenvalue weighted by atomic mass is 35.5. The molecule has 5 heteroatoms. The van der Waals surface area contributed by atoms with E-state index < -0.39 is 11.9 Å². The number of Topliss-reactive ketones (excluding diaryl/α,β-unsaturated/α-hetero) is 1. The Morgan fingerprint density at radius 3 is 2.56 bits per heavy atom. The molecule has 0 spiro atoms. The second-order valence-corrected chi connectivity index (χ2v) is 4.34. The van der Waals surface area contributed by atoms with Gasteiger partial charge in [0.2, 0.25) is 0 Å². The molecule has 1 aliphatic rings. The van der Waals surface area contributed by atoms with Crippen LogP contribution in [0.3, 0.4) is 0 Å². The summed E-state index contributed by atoms with van der Waals surface area (Å²) in [5, 5.41) is 8.85. The highest BCUT2D eigenvalue weighted by Crippen LogP contribution is 2.16. The number of hydrogen-bond acceptors (Lipinski definition) is 3. The molecule has 0 saturated carbocycles. The monoisotopic (exact) mass is 269 g/mol. The summed E-state index contributed by atoms with van der Waals surface area (Å²) in [7, 11) is 0. The van der Waals surface area contributed by atoms with Crippen LogP contribution >= 0.6 is 12.4 Å². The number of nitrogens with zero attached hydrogens (tertiary/aromatic N) is 1. The zero-order valence-electron chi connectivity index (χ0n) is 9.91. The van der Waals surface area contributed by atoms with E-state index in [-0.39, 0.29) is 24.7 Å². The average Bonchev–Trinajstić information content (AvgIpc) is 2.30. The molecule has 1 saturated heterocycles. The van der Waals surface area contributed by atoms with E-state index >= 15 is 0 Å². The summed E-state index contributed by atoms with van der Waals surface area (Å²) in [6.07, 6.45) is 0.418. The minimum atomic E-state index is -0.991. The van der Waals surface area contributed by atoms with Gasteiger partial charge in [0.05, 0.1) is 6.54 Å². The van der Waals surface area contributed by atoms with Gasteiger partial charge < -0.3 is 5.11 Å². The molecule has 1 atom stereocenters. The molecule has 0 bridgehead atoms. The van der Waals surface area contributed by atoms with E-state index in [1.54, 1.807) is 0 Å². The highest BCUT2D eigenvalue weighted by molar-refractivity contribution is 5.99. The van der Waals surface area contributed by atoms with Gasteiger partial charge in [0.15, 0.2) is 5.78 Å². The standard InChI is InChI=1S/C13H15NO3.ClH/c15-12-9-14(7-6-11(12)13(16)17)8-10-4-2-1-3-5-10;/h1-5,11H,6-9H2,(H,16,17);1H/t11-;/m1./s1. The summed E-state index contributed by atoms with van der Waals surface area (Å²) >= 11 is 0. The van der Waals surface area contributed by atoms with Gasteiger partial charge in [-0.3, -0.25) is 14.5 Å². The molecule has 2 rings (SSSR count). The highest BCUT2D eigenvalue weighted by Gasteiger charge is 2.31. The van der Waals surface area contributed by atoms with E-state index in [0.29, 0.717) is 19.5 Å². The molecule has 0 amide bonds. The lowest BCUT2D eigenvalue weighted by molar-refractivity contribution is -0.148. The van der Waals surface area contributed by atoms with Gasteiger partial charge in [0, 0.05) is 13.1 Å². The van der Waals surface area contributed by atoms with Gasteiger partial charge in [0.1, 0.15) is 5.92 Å². The Hall–Kier alpha value is -1.39. The molecule has 18 heavy (non-hydrogen) atoms. The second kappa shape index (κ2) is 6.52.